The summed E-state index contributed by atoms with van der Waals surface area (Å²) in [7, 11) is 1.49. The lowest BCUT2D eigenvalue weighted by Crippen LogP contribution is -2.27. The van der Waals surface area contributed by atoms with Crippen LogP contribution in [-0.2, 0) is 16.5 Å². The third-order valence-corrected chi connectivity index (χ3v) is 2.84. The number of rotatable bonds is 3. The zero-order chi connectivity index (χ0) is 13.0. The van der Waals surface area contributed by atoms with Crippen LogP contribution in [-0.4, -0.2) is 35.1 Å². The number of carbonyl (C=O) groups is 1. The van der Waals surface area contributed by atoms with Gasteiger partial charge in [-0.1, -0.05) is 0 Å². The molecule has 0 spiro atoms. The standard InChI is InChI=1S/C12H16N2O4/c1-14-11(15)6-5-10(13-14)12(16)18-8-9-4-2-3-7-17-9/h5-6,9H,2-4,7-8H2,1H3. The molecule has 1 aliphatic heterocycles. The fourth-order valence-corrected chi connectivity index (χ4v) is 1.79. The van der Waals surface area contributed by atoms with Crippen molar-refractivity contribution < 1.29 is 14.3 Å². The van der Waals surface area contributed by atoms with Gasteiger partial charge in [-0.15, -0.1) is 0 Å². The minimum atomic E-state index is -0.528. The molecule has 1 saturated heterocycles. The second-order valence-corrected chi connectivity index (χ2v) is 4.27. The van der Waals surface area contributed by atoms with Crippen molar-refractivity contribution in [2.24, 2.45) is 7.05 Å². The normalized spacial score (nSPS) is 19.5. The molecular formula is C12H16N2O4. The van der Waals surface area contributed by atoms with E-state index in [1.54, 1.807) is 0 Å². The molecule has 1 fully saturated rings. The maximum absolute atomic E-state index is 11.7. The van der Waals surface area contributed by atoms with Gasteiger partial charge in [0.1, 0.15) is 6.61 Å². The third kappa shape index (κ3) is 3.16. The topological polar surface area (TPSA) is 70.4 Å². The quantitative estimate of drug-likeness (QED) is 0.733. The Labute approximate surface area is 105 Å². The van der Waals surface area contributed by atoms with E-state index in [4.69, 9.17) is 9.47 Å². The van der Waals surface area contributed by atoms with E-state index in [0.29, 0.717) is 0 Å². The molecule has 2 heterocycles. The molecule has 0 aliphatic carbocycles. The molecule has 6 heteroatoms. The third-order valence-electron chi connectivity index (χ3n) is 2.84. The lowest BCUT2D eigenvalue weighted by molar-refractivity contribution is -0.0303. The van der Waals surface area contributed by atoms with Crippen LogP contribution in [0, 0.1) is 0 Å². The van der Waals surface area contributed by atoms with E-state index in [2.05, 4.69) is 5.10 Å². The van der Waals surface area contributed by atoms with Gasteiger partial charge in [0.05, 0.1) is 6.10 Å². The Morgan fingerprint density at radius 1 is 1.56 bits per heavy atom. The molecule has 0 amide bonds. The van der Waals surface area contributed by atoms with Gasteiger partial charge in [-0.2, -0.15) is 5.10 Å². The Balaban J connectivity index is 1.90. The minimum absolute atomic E-state index is 0.0183. The van der Waals surface area contributed by atoms with Crippen molar-refractivity contribution >= 4 is 5.97 Å². The monoisotopic (exact) mass is 252 g/mol. The second-order valence-electron chi connectivity index (χ2n) is 4.27. The van der Waals surface area contributed by atoms with Gasteiger partial charge in [0.2, 0.25) is 0 Å². The van der Waals surface area contributed by atoms with Crippen LogP contribution in [0.3, 0.4) is 0 Å². The Hall–Kier alpha value is -1.69. The summed E-state index contributed by atoms with van der Waals surface area (Å²) in [6.07, 6.45) is 3.05. The van der Waals surface area contributed by atoms with E-state index in [1.165, 1.54) is 19.2 Å². The second kappa shape index (κ2) is 5.77. The lowest BCUT2D eigenvalue weighted by Gasteiger charge is -2.21. The van der Waals surface area contributed by atoms with E-state index in [9.17, 15) is 9.59 Å². The molecule has 0 bridgehead atoms. The molecule has 6 nitrogen and oxygen atoms in total. The summed E-state index contributed by atoms with van der Waals surface area (Å²) in [6, 6.07) is 2.66. The zero-order valence-corrected chi connectivity index (χ0v) is 10.3. The van der Waals surface area contributed by atoms with Gasteiger partial charge < -0.3 is 9.47 Å². The highest BCUT2D eigenvalue weighted by Gasteiger charge is 2.17. The predicted octanol–water partition coefficient (Wildman–Crippen LogP) is 0.506. The van der Waals surface area contributed by atoms with Crippen LogP contribution in [0.2, 0.25) is 0 Å². The lowest BCUT2D eigenvalue weighted by atomic mass is 10.1. The number of hydrogen-bond acceptors (Lipinski definition) is 5. The van der Waals surface area contributed by atoms with Gasteiger partial charge in [-0.25, -0.2) is 9.48 Å². The van der Waals surface area contributed by atoms with Crippen molar-refractivity contribution in [3.8, 4) is 0 Å². The predicted molar refractivity (Wildman–Crippen MR) is 63.4 cm³/mol. The summed E-state index contributed by atoms with van der Waals surface area (Å²) in [5, 5.41) is 3.83. The molecule has 0 saturated carbocycles. The zero-order valence-electron chi connectivity index (χ0n) is 10.3. The summed E-state index contributed by atoms with van der Waals surface area (Å²) in [5.74, 6) is -0.528. The van der Waals surface area contributed by atoms with Crippen molar-refractivity contribution in [1.82, 2.24) is 9.78 Å². The fraction of sp³-hybridized carbons (Fsp3) is 0.583. The molecule has 0 N–H and O–H groups in total. The smallest absolute Gasteiger partial charge is 0.358 e. The van der Waals surface area contributed by atoms with E-state index in [1.807, 2.05) is 0 Å². The van der Waals surface area contributed by atoms with Crippen LogP contribution < -0.4 is 5.56 Å². The van der Waals surface area contributed by atoms with Gasteiger partial charge in [-0.3, -0.25) is 4.79 Å². The number of ether oxygens (including phenoxy) is 2. The summed E-state index contributed by atoms with van der Waals surface area (Å²) in [6.45, 7) is 0.962. The maximum Gasteiger partial charge on any atom is 0.358 e. The van der Waals surface area contributed by atoms with E-state index in [0.717, 1.165) is 30.6 Å². The van der Waals surface area contributed by atoms with Crippen molar-refractivity contribution in [2.45, 2.75) is 25.4 Å². The van der Waals surface area contributed by atoms with Gasteiger partial charge in [0, 0.05) is 19.7 Å². The molecule has 1 atom stereocenters. The number of aromatic nitrogens is 2. The van der Waals surface area contributed by atoms with E-state index < -0.39 is 5.97 Å². The highest BCUT2D eigenvalue weighted by atomic mass is 16.6. The van der Waals surface area contributed by atoms with Gasteiger partial charge >= 0.3 is 5.97 Å². The van der Waals surface area contributed by atoms with Gasteiger partial charge in [0.15, 0.2) is 5.69 Å². The van der Waals surface area contributed by atoms with Crippen molar-refractivity contribution in [1.29, 1.82) is 0 Å². The highest BCUT2D eigenvalue weighted by Crippen LogP contribution is 2.13. The number of nitrogens with zero attached hydrogens (tertiary/aromatic N) is 2. The van der Waals surface area contributed by atoms with Crippen LogP contribution in [0.4, 0.5) is 0 Å². The number of esters is 1. The van der Waals surface area contributed by atoms with Gasteiger partial charge in [0.25, 0.3) is 5.56 Å². The first-order valence-corrected chi connectivity index (χ1v) is 6.00. The first-order chi connectivity index (χ1) is 8.66. The Morgan fingerprint density at radius 2 is 2.39 bits per heavy atom. The maximum atomic E-state index is 11.7. The Bertz CT molecular complexity index is 477. The Kier molecular flexibility index (Phi) is 4.09. The molecule has 18 heavy (non-hydrogen) atoms. The van der Waals surface area contributed by atoms with Crippen LogP contribution >= 0.6 is 0 Å². The molecule has 1 aromatic heterocycles. The van der Waals surface area contributed by atoms with Crippen molar-refractivity contribution in [3.05, 3.63) is 28.2 Å². The van der Waals surface area contributed by atoms with Crippen LogP contribution in [0.15, 0.2) is 16.9 Å². The molecule has 98 valence electrons. The summed E-state index contributed by atoms with van der Waals surface area (Å²) >= 11 is 0. The van der Waals surface area contributed by atoms with Crippen molar-refractivity contribution in [3.63, 3.8) is 0 Å². The number of carbonyl (C=O) groups excluding carboxylic acids is 1. The van der Waals surface area contributed by atoms with Crippen molar-refractivity contribution in [2.75, 3.05) is 13.2 Å². The first kappa shape index (κ1) is 12.8. The molecule has 0 radical (unpaired) electrons. The van der Waals surface area contributed by atoms with Crippen LogP contribution in [0.5, 0.6) is 0 Å². The average Bonchev–Trinajstić information content (AvgIpc) is 2.40. The molecule has 1 aromatic rings. The largest absolute Gasteiger partial charge is 0.458 e. The fourth-order valence-electron chi connectivity index (χ4n) is 1.79. The number of aryl methyl sites for hydroxylation is 1. The Morgan fingerprint density at radius 3 is 3.06 bits per heavy atom. The van der Waals surface area contributed by atoms with Crippen LogP contribution in [0.1, 0.15) is 29.8 Å². The molecule has 1 aliphatic rings. The SMILES string of the molecule is Cn1nc(C(=O)OCC2CCCCO2)ccc1=O. The molecule has 1 unspecified atom stereocenters. The van der Waals surface area contributed by atoms with Gasteiger partial charge in [-0.05, 0) is 25.3 Å². The number of hydrogen-bond donors (Lipinski definition) is 0. The summed E-state index contributed by atoms with van der Waals surface area (Å²) < 4.78 is 11.7. The highest BCUT2D eigenvalue weighted by molar-refractivity contribution is 5.86. The summed E-state index contributed by atoms with van der Waals surface area (Å²) in [4.78, 5) is 22.8. The minimum Gasteiger partial charge on any atom is -0.458 e. The molecule has 2 rings (SSSR count). The average molecular weight is 252 g/mol. The van der Waals surface area contributed by atoms with Crippen LogP contribution in [0.25, 0.3) is 0 Å². The van der Waals surface area contributed by atoms with E-state index in [-0.39, 0.29) is 24.0 Å². The molecular weight excluding hydrogens is 236 g/mol. The summed E-state index contributed by atoms with van der Waals surface area (Å²) in [5.41, 5.74) is -0.130. The first-order valence-electron chi connectivity index (χ1n) is 6.00. The molecule has 0 aromatic carbocycles. The van der Waals surface area contributed by atoms with E-state index >= 15 is 0 Å².